The van der Waals surface area contributed by atoms with Crippen LogP contribution in [0.3, 0.4) is 0 Å². The number of benzene rings is 1. The summed E-state index contributed by atoms with van der Waals surface area (Å²) in [5.74, 6) is 0. The third-order valence-corrected chi connectivity index (χ3v) is 4.45. The van der Waals surface area contributed by atoms with Crippen LogP contribution in [0.1, 0.15) is 24.0 Å². The van der Waals surface area contributed by atoms with Crippen molar-refractivity contribution >= 4 is 46.0 Å². The number of para-hydroxylation sites is 1. The molecule has 126 valence electrons. The topological polar surface area (TPSA) is 58.5 Å². The van der Waals surface area contributed by atoms with E-state index < -0.39 is 0 Å². The van der Waals surface area contributed by atoms with Gasteiger partial charge in [-0.05, 0) is 43.6 Å². The third-order valence-electron chi connectivity index (χ3n) is 3.91. The van der Waals surface area contributed by atoms with Crippen LogP contribution < -0.4 is 10.7 Å². The van der Waals surface area contributed by atoms with Gasteiger partial charge < -0.3 is 10.1 Å². The number of nitrogens with zero attached hydrogens (tertiary/aromatic N) is 2. The van der Waals surface area contributed by atoms with Gasteiger partial charge in [0.05, 0.1) is 17.8 Å². The smallest absolute Gasteiger partial charge is 0.187 e. The fraction of sp³-hybridized carbons (Fsp3) is 0.353. The molecule has 0 unspecified atom stereocenters. The van der Waals surface area contributed by atoms with E-state index in [4.69, 9.17) is 28.6 Å². The third kappa shape index (κ3) is 4.20. The molecular formula is C17H19ClN4OS. The highest BCUT2D eigenvalue weighted by molar-refractivity contribution is 7.80. The lowest BCUT2D eigenvalue weighted by Crippen LogP contribution is -2.37. The molecule has 1 aromatic carbocycles. The normalized spacial score (nSPS) is 17.5. The van der Waals surface area contributed by atoms with Gasteiger partial charge in [0.25, 0.3) is 0 Å². The van der Waals surface area contributed by atoms with Crippen LogP contribution in [-0.2, 0) is 4.74 Å². The van der Waals surface area contributed by atoms with Gasteiger partial charge in [0, 0.05) is 24.1 Å². The second-order valence-electron chi connectivity index (χ2n) is 5.73. The summed E-state index contributed by atoms with van der Waals surface area (Å²) >= 11 is 11.4. The number of thiocarbonyl (C=S) groups is 1. The van der Waals surface area contributed by atoms with Crippen LogP contribution in [0, 0.1) is 6.92 Å². The molecular weight excluding hydrogens is 344 g/mol. The van der Waals surface area contributed by atoms with Crippen molar-refractivity contribution in [1.82, 2.24) is 15.7 Å². The molecule has 1 aliphatic rings. The van der Waals surface area contributed by atoms with Crippen molar-refractivity contribution in [3.63, 3.8) is 0 Å². The van der Waals surface area contributed by atoms with E-state index in [0.717, 1.165) is 41.5 Å². The Kier molecular flexibility index (Phi) is 5.60. The fourth-order valence-electron chi connectivity index (χ4n) is 2.64. The van der Waals surface area contributed by atoms with Gasteiger partial charge in [-0.3, -0.25) is 5.43 Å². The molecule has 0 bridgehead atoms. The number of hydrogen-bond donors (Lipinski definition) is 2. The van der Waals surface area contributed by atoms with Crippen LogP contribution in [0.5, 0.6) is 0 Å². The van der Waals surface area contributed by atoms with Crippen molar-refractivity contribution in [3.05, 3.63) is 40.5 Å². The second kappa shape index (κ2) is 7.88. The molecule has 7 heteroatoms. The predicted octanol–water partition coefficient (Wildman–Crippen LogP) is 3.17. The first-order valence-electron chi connectivity index (χ1n) is 7.88. The predicted molar refractivity (Wildman–Crippen MR) is 102 cm³/mol. The number of aromatic nitrogens is 1. The van der Waals surface area contributed by atoms with Gasteiger partial charge in [-0.1, -0.05) is 29.8 Å². The van der Waals surface area contributed by atoms with Gasteiger partial charge >= 0.3 is 0 Å². The highest BCUT2D eigenvalue weighted by Crippen LogP contribution is 2.21. The zero-order valence-electron chi connectivity index (χ0n) is 13.4. The maximum atomic E-state index is 6.24. The van der Waals surface area contributed by atoms with Gasteiger partial charge in [-0.25, -0.2) is 4.98 Å². The Morgan fingerprint density at radius 3 is 3.21 bits per heavy atom. The minimum Gasteiger partial charge on any atom is -0.376 e. The summed E-state index contributed by atoms with van der Waals surface area (Å²) in [5, 5.41) is 9.13. The van der Waals surface area contributed by atoms with E-state index in [1.807, 2.05) is 31.2 Å². The number of aryl methyl sites for hydroxylation is 1. The van der Waals surface area contributed by atoms with E-state index in [1.54, 1.807) is 6.21 Å². The average Bonchev–Trinajstić information content (AvgIpc) is 3.08. The standard InChI is InChI=1S/C17H19ClN4OS/c1-11-4-2-5-12-8-13(16(18)21-15(11)12)9-20-22-17(24)19-10-14-6-3-7-23-14/h2,4-5,8-9,14H,3,6-7,10H2,1H3,(H2,19,22,24)/b20-9-/t14-/m0/s1. The molecule has 24 heavy (non-hydrogen) atoms. The van der Waals surface area contributed by atoms with Gasteiger partial charge in [0.1, 0.15) is 5.15 Å². The molecule has 0 aliphatic carbocycles. The molecule has 5 nitrogen and oxygen atoms in total. The second-order valence-corrected chi connectivity index (χ2v) is 6.50. The van der Waals surface area contributed by atoms with Gasteiger partial charge in [-0.15, -0.1) is 0 Å². The number of halogens is 1. The van der Waals surface area contributed by atoms with Crippen LogP contribution in [0.4, 0.5) is 0 Å². The molecule has 1 fully saturated rings. The summed E-state index contributed by atoms with van der Waals surface area (Å²) in [7, 11) is 0. The maximum Gasteiger partial charge on any atom is 0.187 e. The highest BCUT2D eigenvalue weighted by Gasteiger charge is 2.15. The Balaban J connectivity index is 1.60. The van der Waals surface area contributed by atoms with Crippen LogP contribution in [-0.4, -0.2) is 35.6 Å². The monoisotopic (exact) mass is 362 g/mol. The molecule has 1 atom stereocenters. The van der Waals surface area contributed by atoms with Crippen molar-refractivity contribution in [2.75, 3.05) is 13.2 Å². The minimum absolute atomic E-state index is 0.233. The molecule has 3 rings (SSSR count). The number of hydrogen-bond acceptors (Lipinski definition) is 4. The number of pyridine rings is 1. The molecule has 0 saturated carbocycles. The molecule has 2 heterocycles. The van der Waals surface area contributed by atoms with E-state index in [9.17, 15) is 0 Å². The molecule has 2 aromatic rings. The Hall–Kier alpha value is -1.76. The Bertz CT molecular complexity index is 775. The summed E-state index contributed by atoms with van der Waals surface area (Å²) in [4.78, 5) is 4.44. The SMILES string of the molecule is Cc1cccc2cc(/C=N\NC(=S)NC[C@@H]3CCCO3)c(Cl)nc12. The lowest BCUT2D eigenvalue weighted by Gasteiger charge is -2.11. The summed E-state index contributed by atoms with van der Waals surface area (Å²) in [6, 6.07) is 7.98. The van der Waals surface area contributed by atoms with Gasteiger partial charge in [0.15, 0.2) is 5.11 Å². The van der Waals surface area contributed by atoms with Crippen molar-refractivity contribution in [2.24, 2.45) is 5.10 Å². The number of fused-ring (bicyclic) bond motifs is 1. The quantitative estimate of drug-likeness (QED) is 0.378. The lowest BCUT2D eigenvalue weighted by molar-refractivity contribution is 0.114. The Labute approximate surface area is 151 Å². The first-order chi connectivity index (χ1) is 11.6. The summed E-state index contributed by atoms with van der Waals surface area (Å²) in [6.45, 7) is 3.54. The van der Waals surface area contributed by atoms with E-state index in [1.165, 1.54) is 0 Å². The molecule has 0 spiro atoms. The summed E-state index contributed by atoms with van der Waals surface area (Å²) < 4.78 is 5.53. The van der Waals surface area contributed by atoms with E-state index in [2.05, 4.69) is 20.8 Å². The van der Waals surface area contributed by atoms with Crippen LogP contribution in [0.25, 0.3) is 10.9 Å². The zero-order chi connectivity index (χ0) is 16.9. The fourth-order valence-corrected chi connectivity index (χ4v) is 2.97. The first kappa shape index (κ1) is 17.1. The summed E-state index contributed by atoms with van der Waals surface area (Å²) in [5.41, 5.74) is 5.53. The van der Waals surface area contributed by atoms with Crippen molar-refractivity contribution in [2.45, 2.75) is 25.9 Å². The molecule has 1 aromatic heterocycles. The Morgan fingerprint density at radius 1 is 1.54 bits per heavy atom. The number of rotatable bonds is 4. The Morgan fingerprint density at radius 2 is 2.42 bits per heavy atom. The first-order valence-corrected chi connectivity index (χ1v) is 8.66. The largest absolute Gasteiger partial charge is 0.376 e. The molecule has 0 amide bonds. The average molecular weight is 363 g/mol. The van der Waals surface area contributed by atoms with E-state index in [-0.39, 0.29) is 6.10 Å². The van der Waals surface area contributed by atoms with E-state index >= 15 is 0 Å². The molecule has 2 N–H and O–H groups in total. The molecule has 1 saturated heterocycles. The lowest BCUT2D eigenvalue weighted by atomic mass is 10.1. The van der Waals surface area contributed by atoms with Gasteiger partial charge in [0.2, 0.25) is 0 Å². The zero-order valence-corrected chi connectivity index (χ0v) is 15.0. The number of ether oxygens (including phenoxy) is 1. The highest BCUT2D eigenvalue weighted by atomic mass is 35.5. The molecule has 0 radical (unpaired) electrons. The molecule has 1 aliphatic heterocycles. The van der Waals surface area contributed by atoms with E-state index in [0.29, 0.717) is 16.8 Å². The van der Waals surface area contributed by atoms with Crippen molar-refractivity contribution in [3.8, 4) is 0 Å². The maximum absolute atomic E-state index is 6.24. The minimum atomic E-state index is 0.233. The van der Waals surface area contributed by atoms with Crippen LogP contribution in [0.2, 0.25) is 5.15 Å². The van der Waals surface area contributed by atoms with Crippen LogP contribution >= 0.6 is 23.8 Å². The number of hydrazone groups is 1. The van der Waals surface area contributed by atoms with Gasteiger partial charge in [-0.2, -0.15) is 5.10 Å². The van der Waals surface area contributed by atoms with Crippen molar-refractivity contribution < 1.29 is 4.74 Å². The number of nitrogens with one attached hydrogen (secondary N) is 2. The van der Waals surface area contributed by atoms with Crippen molar-refractivity contribution in [1.29, 1.82) is 0 Å². The summed E-state index contributed by atoms with van der Waals surface area (Å²) in [6.07, 6.45) is 4.03. The van der Waals surface area contributed by atoms with Crippen LogP contribution in [0.15, 0.2) is 29.4 Å².